The van der Waals surface area contributed by atoms with Gasteiger partial charge in [-0.25, -0.2) is 4.98 Å². The molecule has 1 aromatic carbocycles. The smallest absolute Gasteiger partial charge is 0.243 e. The highest BCUT2D eigenvalue weighted by atomic mass is 35.5. The molecular weight excluding hydrogens is 437 g/mol. The number of hydrogen-bond acceptors (Lipinski definition) is 5. The van der Waals surface area contributed by atoms with E-state index in [1.165, 1.54) is 6.92 Å². The Hall–Kier alpha value is -2.35. The van der Waals surface area contributed by atoms with E-state index in [1.807, 2.05) is 12.1 Å². The molecule has 4 N–H and O–H groups in total. The van der Waals surface area contributed by atoms with E-state index in [2.05, 4.69) is 15.6 Å². The molecule has 2 aromatic rings. The number of anilines is 1. The van der Waals surface area contributed by atoms with E-state index in [1.54, 1.807) is 29.3 Å². The van der Waals surface area contributed by atoms with E-state index in [9.17, 15) is 9.59 Å². The lowest BCUT2D eigenvalue weighted by Gasteiger charge is -2.39. The van der Waals surface area contributed by atoms with Crippen molar-refractivity contribution < 1.29 is 9.59 Å². The third kappa shape index (κ3) is 6.32. The van der Waals surface area contributed by atoms with Crippen molar-refractivity contribution in [2.24, 2.45) is 0 Å². The maximum atomic E-state index is 13.3. The predicted molar refractivity (Wildman–Crippen MR) is 123 cm³/mol. The second kappa shape index (κ2) is 10.8. The number of piperidine rings is 1. The Labute approximate surface area is 192 Å². The summed E-state index contributed by atoms with van der Waals surface area (Å²) in [5.74, 6) is 0.0120. The van der Waals surface area contributed by atoms with Gasteiger partial charge in [-0.05, 0) is 55.1 Å². The fourth-order valence-corrected chi connectivity index (χ4v) is 4.10. The summed E-state index contributed by atoms with van der Waals surface area (Å²) < 4.78 is 0. The number of benzene rings is 1. The molecular formula is C22H27Cl2N5O2. The second-order valence-electron chi connectivity index (χ2n) is 7.67. The van der Waals surface area contributed by atoms with Gasteiger partial charge in [0.1, 0.15) is 11.9 Å². The Kier molecular flexibility index (Phi) is 8.12. The number of nitrogens with two attached hydrogens (primary N) is 1. The Bertz CT molecular complexity index is 917. The average Bonchev–Trinajstić information content (AvgIpc) is 2.75. The summed E-state index contributed by atoms with van der Waals surface area (Å²) in [6.45, 7) is 2.59. The highest BCUT2D eigenvalue weighted by molar-refractivity contribution is 6.42. The van der Waals surface area contributed by atoms with Crippen LogP contribution in [-0.2, 0) is 22.6 Å². The number of rotatable bonds is 7. The molecule has 2 atom stereocenters. The molecule has 0 saturated carbocycles. The molecule has 3 rings (SSSR count). The molecule has 9 heteroatoms. The van der Waals surface area contributed by atoms with Gasteiger partial charge < -0.3 is 16.0 Å². The lowest BCUT2D eigenvalue weighted by molar-refractivity contribution is -0.143. The van der Waals surface area contributed by atoms with Crippen LogP contribution in [0, 0.1) is 0 Å². The summed E-state index contributed by atoms with van der Waals surface area (Å²) in [7, 11) is 0. The third-order valence-electron chi connectivity index (χ3n) is 5.35. The van der Waals surface area contributed by atoms with Crippen molar-refractivity contribution in [1.82, 2.24) is 20.5 Å². The summed E-state index contributed by atoms with van der Waals surface area (Å²) >= 11 is 12.2. The van der Waals surface area contributed by atoms with E-state index in [-0.39, 0.29) is 24.5 Å². The van der Waals surface area contributed by atoms with Crippen molar-refractivity contribution in [2.45, 2.75) is 51.4 Å². The van der Waals surface area contributed by atoms with Crippen LogP contribution in [0.4, 0.5) is 5.82 Å². The average molecular weight is 464 g/mol. The number of hydrogen-bond donors (Lipinski definition) is 3. The monoisotopic (exact) mass is 463 g/mol. The number of halogens is 2. The Morgan fingerprint density at radius 1 is 1.23 bits per heavy atom. The van der Waals surface area contributed by atoms with Crippen LogP contribution in [0.1, 0.15) is 37.3 Å². The van der Waals surface area contributed by atoms with Crippen LogP contribution >= 0.6 is 23.2 Å². The van der Waals surface area contributed by atoms with Crippen LogP contribution in [0.2, 0.25) is 10.0 Å². The van der Waals surface area contributed by atoms with E-state index < -0.39 is 6.04 Å². The van der Waals surface area contributed by atoms with Crippen molar-refractivity contribution in [2.75, 3.05) is 12.3 Å². The predicted octanol–water partition coefficient (Wildman–Crippen LogP) is 3.15. The maximum Gasteiger partial charge on any atom is 0.243 e. The molecule has 0 bridgehead atoms. The number of pyridine rings is 1. The lowest BCUT2D eigenvalue weighted by atomic mass is 10.0. The van der Waals surface area contributed by atoms with Crippen LogP contribution in [0.25, 0.3) is 0 Å². The minimum atomic E-state index is -0.702. The Morgan fingerprint density at radius 3 is 2.61 bits per heavy atom. The zero-order valence-corrected chi connectivity index (χ0v) is 18.9. The van der Waals surface area contributed by atoms with Crippen molar-refractivity contribution in [1.29, 1.82) is 0 Å². The minimum Gasteiger partial charge on any atom is -0.384 e. The molecule has 1 aliphatic rings. The number of nitrogens with one attached hydrogen (secondary N) is 2. The largest absolute Gasteiger partial charge is 0.384 e. The Morgan fingerprint density at radius 2 is 2.00 bits per heavy atom. The summed E-state index contributed by atoms with van der Waals surface area (Å²) in [6.07, 6.45) is 4.60. The first-order valence-corrected chi connectivity index (χ1v) is 11.0. The Balaban J connectivity index is 1.83. The molecule has 1 unspecified atom stereocenters. The van der Waals surface area contributed by atoms with Crippen molar-refractivity contribution in [3.63, 3.8) is 0 Å². The molecule has 1 aromatic heterocycles. The van der Waals surface area contributed by atoms with Gasteiger partial charge in [-0.3, -0.25) is 14.9 Å². The van der Waals surface area contributed by atoms with Gasteiger partial charge in [-0.15, -0.1) is 0 Å². The van der Waals surface area contributed by atoms with Gasteiger partial charge in [0, 0.05) is 26.1 Å². The van der Waals surface area contributed by atoms with Gasteiger partial charge in [0.2, 0.25) is 11.8 Å². The zero-order chi connectivity index (χ0) is 22.4. The molecule has 0 spiro atoms. The molecule has 0 radical (unpaired) electrons. The molecule has 2 heterocycles. The highest BCUT2D eigenvalue weighted by Gasteiger charge is 2.34. The van der Waals surface area contributed by atoms with Crippen LogP contribution in [-0.4, -0.2) is 40.5 Å². The van der Waals surface area contributed by atoms with Crippen LogP contribution in [0.5, 0.6) is 0 Å². The molecule has 1 fully saturated rings. The zero-order valence-electron chi connectivity index (χ0n) is 17.4. The summed E-state index contributed by atoms with van der Waals surface area (Å²) in [5.41, 5.74) is 7.27. The van der Waals surface area contributed by atoms with Gasteiger partial charge in [-0.2, -0.15) is 0 Å². The lowest BCUT2D eigenvalue weighted by Crippen LogP contribution is -2.59. The SMILES string of the molecule is CC(=O)N(C1CCCCN1)[C@@H](Cc1ccc(Cl)c(Cl)c1)C(=O)NCc1ccc(N)nc1. The van der Waals surface area contributed by atoms with E-state index in [0.717, 1.165) is 36.9 Å². The van der Waals surface area contributed by atoms with Crippen LogP contribution in [0.3, 0.4) is 0 Å². The summed E-state index contributed by atoms with van der Waals surface area (Å²) in [4.78, 5) is 31.6. The number of nitrogen functional groups attached to an aromatic ring is 1. The molecule has 1 aliphatic heterocycles. The van der Waals surface area contributed by atoms with Crippen LogP contribution < -0.4 is 16.4 Å². The topological polar surface area (TPSA) is 100 Å². The highest BCUT2D eigenvalue weighted by Crippen LogP contribution is 2.25. The standard InChI is InChI=1S/C22H27Cl2N5O2/c1-14(30)29(21-4-2-3-9-26-21)19(11-15-5-7-17(23)18(24)10-15)22(31)28-13-16-6-8-20(25)27-12-16/h5-8,10,12,19,21,26H,2-4,9,11,13H2,1H3,(H2,25,27)(H,28,31)/t19-,21?/m0/s1. The first-order chi connectivity index (χ1) is 14.8. The van der Waals surface area contributed by atoms with E-state index in [4.69, 9.17) is 28.9 Å². The number of amides is 2. The molecule has 0 aliphatic carbocycles. The first-order valence-electron chi connectivity index (χ1n) is 10.3. The molecule has 7 nitrogen and oxygen atoms in total. The van der Waals surface area contributed by atoms with Gasteiger partial charge in [0.05, 0.1) is 16.2 Å². The number of carbonyl (C=O) groups is 2. The molecule has 1 saturated heterocycles. The van der Waals surface area contributed by atoms with Gasteiger partial charge in [0.25, 0.3) is 0 Å². The minimum absolute atomic E-state index is 0.159. The van der Waals surface area contributed by atoms with Crippen molar-refractivity contribution >= 4 is 40.8 Å². The molecule has 31 heavy (non-hydrogen) atoms. The quantitative estimate of drug-likeness (QED) is 0.585. The number of carbonyl (C=O) groups excluding carboxylic acids is 2. The van der Waals surface area contributed by atoms with Crippen LogP contribution in [0.15, 0.2) is 36.5 Å². The summed E-state index contributed by atoms with van der Waals surface area (Å²) in [5, 5.41) is 7.17. The van der Waals surface area contributed by atoms with Crippen molar-refractivity contribution in [3.05, 3.63) is 57.7 Å². The van der Waals surface area contributed by atoms with Gasteiger partial charge in [-0.1, -0.05) is 35.3 Å². The summed E-state index contributed by atoms with van der Waals surface area (Å²) in [6, 6.07) is 8.05. The number of aromatic nitrogens is 1. The molecule has 2 amide bonds. The van der Waals surface area contributed by atoms with E-state index >= 15 is 0 Å². The number of nitrogens with zero attached hydrogens (tertiary/aromatic N) is 2. The van der Waals surface area contributed by atoms with Gasteiger partial charge >= 0.3 is 0 Å². The second-order valence-corrected chi connectivity index (χ2v) is 8.48. The fraction of sp³-hybridized carbons (Fsp3) is 0.409. The van der Waals surface area contributed by atoms with Crippen molar-refractivity contribution in [3.8, 4) is 0 Å². The van der Waals surface area contributed by atoms with E-state index in [0.29, 0.717) is 22.3 Å². The first kappa shape index (κ1) is 23.3. The molecule has 166 valence electrons. The third-order valence-corrected chi connectivity index (χ3v) is 6.09. The van der Waals surface area contributed by atoms with Gasteiger partial charge in [0.15, 0.2) is 0 Å². The fourth-order valence-electron chi connectivity index (χ4n) is 3.78. The normalized spacial score (nSPS) is 17.1. The maximum absolute atomic E-state index is 13.3.